The minimum absolute atomic E-state index is 0.0298. The summed E-state index contributed by atoms with van der Waals surface area (Å²) in [4.78, 5) is 15.6. The van der Waals surface area contributed by atoms with Crippen LogP contribution < -0.4 is 10.1 Å². The van der Waals surface area contributed by atoms with Crippen LogP contribution in [0, 0.1) is 0 Å². The van der Waals surface area contributed by atoms with E-state index in [9.17, 15) is 4.79 Å². The van der Waals surface area contributed by atoms with Crippen molar-refractivity contribution in [2.45, 2.75) is 39.3 Å². The SMILES string of the molecule is CC(C)Oc1ncccc1CNC(=O)CCCO. The van der Waals surface area contributed by atoms with E-state index in [4.69, 9.17) is 9.84 Å². The number of pyridine rings is 1. The summed E-state index contributed by atoms with van der Waals surface area (Å²) in [5.74, 6) is 0.471. The first-order chi connectivity index (χ1) is 8.63. The van der Waals surface area contributed by atoms with Crippen molar-refractivity contribution in [1.29, 1.82) is 0 Å². The van der Waals surface area contributed by atoms with Crippen LogP contribution in [0.25, 0.3) is 0 Å². The van der Waals surface area contributed by atoms with E-state index in [2.05, 4.69) is 10.3 Å². The predicted molar refractivity (Wildman–Crippen MR) is 68.2 cm³/mol. The Morgan fingerprint density at radius 1 is 1.56 bits per heavy atom. The van der Waals surface area contributed by atoms with Crippen molar-refractivity contribution in [3.05, 3.63) is 23.9 Å². The van der Waals surface area contributed by atoms with Gasteiger partial charge in [0.25, 0.3) is 0 Å². The molecule has 0 aromatic carbocycles. The molecule has 0 aliphatic carbocycles. The van der Waals surface area contributed by atoms with E-state index < -0.39 is 0 Å². The number of amides is 1. The number of hydrogen-bond acceptors (Lipinski definition) is 4. The van der Waals surface area contributed by atoms with Crippen LogP contribution in [0.5, 0.6) is 5.88 Å². The Kier molecular flexibility index (Phi) is 6.14. The molecule has 2 N–H and O–H groups in total. The van der Waals surface area contributed by atoms with Crippen LogP contribution in [-0.2, 0) is 11.3 Å². The minimum atomic E-state index is -0.0802. The van der Waals surface area contributed by atoms with Gasteiger partial charge in [-0.25, -0.2) is 4.98 Å². The summed E-state index contributed by atoms with van der Waals surface area (Å²) in [6.45, 7) is 4.28. The van der Waals surface area contributed by atoms with Gasteiger partial charge in [-0.2, -0.15) is 0 Å². The number of nitrogens with zero attached hydrogens (tertiary/aromatic N) is 1. The van der Waals surface area contributed by atoms with Gasteiger partial charge in [-0.15, -0.1) is 0 Å². The van der Waals surface area contributed by atoms with Crippen LogP contribution in [0.1, 0.15) is 32.3 Å². The van der Waals surface area contributed by atoms with Gasteiger partial charge in [0.1, 0.15) is 0 Å². The highest BCUT2D eigenvalue weighted by Crippen LogP contribution is 2.15. The number of aliphatic hydroxyl groups excluding tert-OH is 1. The number of carbonyl (C=O) groups excluding carboxylic acids is 1. The maximum atomic E-state index is 11.4. The Hall–Kier alpha value is -1.62. The van der Waals surface area contributed by atoms with Crippen LogP contribution in [0.2, 0.25) is 0 Å². The molecule has 0 atom stereocenters. The topological polar surface area (TPSA) is 71.5 Å². The van der Waals surface area contributed by atoms with Gasteiger partial charge in [0.15, 0.2) is 0 Å². The third-order valence-corrected chi connectivity index (χ3v) is 2.24. The predicted octanol–water partition coefficient (Wildman–Crippen LogP) is 1.26. The van der Waals surface area contributed by atoms with Gasteiger partial charge < -0.3 is 15.2 Å². The molecule has 0 bridgehead atoms. The lowest BCUT2D eigenvalue weighted by Crippen LogP contribution is -2.23. The van der Waals surface area contributed by atoms with Gasteiger partial charge in [-0.3, -0.25) is 4.79 Å². The van der Waals surface area contributed by atoms with Gasteiger partial charge in [0, 0.05) is 31.3 Å². The third kappa shape index (κ3) is 5.14. The summed E-state index contributed by atoms with van der Waals surface area (Å²) in [6.07, 6.45) is 2.52. The van der Waals surface area contributed by atoms with Crippen molar-refractivity contribution in [2.24, 2.45) is 0 Å². The quantitative estimate of drug-likeness (QED) is 0.766. The Bertz CT molecular complexity index is 380. The van der Waals surface area contributed by atoms with Crippen molar-refractivity contribution in [3.63, 3.8) is 0 Å². The summed E-state index contributed by atoms with van der Waals surface area (Å²) in [5, 5.41) is 11.4. The van der Waals surface area contributed by atoms with Crippen molar-refractivity contribution < 1.29 is 14.6 Å². The fourth-order valence-corrected chi connectivity index (χ4v) is 1.41. The van der Waals surface area contributed by atoms with Gasteiger partial charge >= 0.3 is 0 Å². The molecule has 0 spiro atoms. The van der Waals surface area contributed by atoms with Crippen LogP contribution in [-0.4, -0.2) is 28.7 Å². The third-order valence-electron chi connectivity index (χ3n) is 2.24. The average Bonchev–Trinajstić information content (AvgIpc) is 2.34. The van der Waals surface area contributed by atoms with Crippen molar-refractivity contribution in [2.75, 3.05) is 6.61 Å². The summed E-state index contributed by atoms with van der Waals surface area (Å²) in [5.41, 5.74) is 0.851. The average molecular weight is 252 g/mol. The molecule has 0 radical (unpaired) electrons. The molecule has 5 heteroatoms. The molecule has 0 saturated carbocycles. The van der Waals surface area contributed by atoms with E-state index in [1.807, 2.05) is 26.0 Å². The van der Waals surface area contributed by atoms with Crippen molar-refractivity contribution in [1.82, 2.24) is 10.3 Å². The lowest BCUT2D eigenvalue weighted by atomic mass is 10.2. The Balaban J connectivity index is 2.53. The lowest BCUT2D eigenvalue weighted by molar-refractivity contribution is -0.121. The number of ether oxygens (including phenoxy) is 1. The highest BCUT2D eigenvalue weighted by molar-refractivity contribution is 5.75. The zero-order chi connectivity index (χ0) is 13.4. The normalized spacial score (nSPS) is 10.4. The summed E-state index contributed by atoms with van der Waals surface area (Å²) in [6, 6.07) is 3.68. The first-order valence-corrected chi connectivity index (χ1v) is 6.11. The second kappa shape index (κ2) is 7.66. The van der Waals surface area contributed by atoms with Gasteiger partial charge in [0.2, 0.25) is 11.8 Å². The number of aliphatic hydroxyl groups is 1. The van der Waals surface area contributed by atoms with E-state index in [1.165, 1.54) is 0 Å². The van der Waals surface area contributed by atoms with Crippen LogP contribution in [0.4, 0.5) is 0 Å². The number of aromatic nitrogens is 1. The molecule has 0 aliphatic heterocycles. The first-order valence-electron chi connectivity index (χ1n) is 6.11. The fraction of sp³-hybridized carbons (Fsp3) is 0.538. The monoisotopic (exact) mass is 252 g/mol. The number of hydrogen-bond donors (Lipinski definition) is 2. The van der Waals surface area contributed by atoms with Gasteiger partial charge in [-0.1, -0.05) is 6.07 Å². The molecule has 18 heavy (non-hydrogen) atoms. The standard InChI is InChI=1S/C13H20N2O3/c1-10(2)18-13-11(5-3-7-14-13)9-15-12(17)6-4-8-16/h3,5,7,10,16H,4,6,8-9H2,1-2H3,(H,15,17). The number of nitrogens with one attached hydrogen (secondary N) is 1. The van der Waals surface area contributed by atoms with Crippen LogP contribution in [0.3, 0.4) is 0 Å². The highest BCUT2D eigenvalue weighted by atomic mass is 16.5. The highest BCUT2D eigenvalue weighted by Gasteiger charge is 2.08. The molecule has 0 saturated heterocycles. The molecule has 0 fully saturated rings. The Labute approximate surface area is 107 Å². The molecule has 1 aromatic rings. The smallest absolute Gasteiger partial charge is 0.220 e. The Morgan fingerprint density at radius 2 is 2.33 bits per heavy atom. The molecule has 0 aliphatic rings. The first kappa shape index (κ1) is 14.4. The lowest BCUT2D eigenvalue weighted by Gasteiger charge is -2.13. The van der Waals surface area contributed by atoms with Gasteiger partial charge in [-0.05, 0) is 26.3 Å². The van der Waals surface area contributed by atoms with E-state index in [0.717, 1.165) is 5.56 Å². The molecule has 1 heterocycles. The zero-order valence-corrected chi connectivity index (χ0v) is 10.8. The van der Waals surface area contributed by atoms with E-state index in [1.54, 1.807) is 6.20 Å². The molecule has 1 rings (SSSR count). The molecule has 1 amide bonds. The van der Waals surface area contributed by atoms with E-state index >= 15 is 0 Å². The van der Waals surface area contributed by atoms with Crippen LogP contribution >= 0.6 is 0 Å². The maximum Gasteiger partial charge on any atom is 0.220 e. The Morgan fingerprint density at radius 3 is 3.00 bits per heavy atom. The molecular formula is C13H20N2O3. The van der Waals surface area contributed by atoms with Gasteiger partial charge in [0.05, 0.1) is 6.10 Å². The van der Waals surface area contributed by atoms with Crippen LogP contribution in [0.15, 0.2) is 18.3 Å². The molecular weight excluding hydrogens is 232 g/mol. The summed E-state index contributed by atoms with van der Waals surface area (Å²) in [7, 11) is 0. The number of carbonyl (C=O) groups is 1. The fourth-order valence-electron chi connectivity index (χ4n) is 1.41. The summed E-state index contributed by atoms with van der Waals surface area (Å²) >= 11 is 0. The molecule has 0 unspecified atom stereocenters. The van der Waals surface area contributed by atoms with Crippen molar-refractivity contribution in [3.8, 4) is 5.88 Å². The van der Waals surface area contributed by atoms with Crippen molar-refractivity contribution >= 4 is 5.91 Å². The molecule has 100 valence electrons. The maximum absolute atomic E-state index is 11.4. The second-order valence-corrected chi connectivity index (χ2v) is 4.24. The zero-order valence-electron chi connectivity index (χ0n) is 10.8. The number of rotatable bonds is 7. The molecule has 1 aromatic heterocycles. The van der Waals surface area contributed by atoms with E-state index in [-0.39, 0.29) is 18.6 Å². The molecule has 5 nitrogen and oxygen atoms in total. The second-order valence-electron chi connectivity index (χ2n) is 4.24. The largest absolute Gasteiger partial charge is 0.475 e. The van der Waals surface area contributed by atoms with E-state index in [0.29, 0.717) is 25.3 Å². The minimum Gasteiger partial charge on any atom is -0.475 e. The summed E-state index contributed by atoms with van der Waals surface area (Å²) < 4.78 is 5.56.